The van der Waals surface area contributed by atoms with Crippen molar-refractivity contribution in [1.82, 2.24) is 4.57 Å². The number of aromatic nitrogens is 1. The first-order valence-corrected chi connectivity index (χ1v) is 11.1. The van der Waals surface area contributed by atoms with Crippen LogP contribution in [-0.2, 0) is 24.2 Å². The minimum atomic E-state index is -0.879. The minimum absolute atomic E-state index is 0.0455. The van der Waals surface area contributed by atoms with Gasteiger partial charge in [-0.25, -0.2) is 0 Å². The molecule has 178 valence electrons. The van der Waals surface area contributed by atoms with Crippen LogP contribution in [0.2, 0.25) is 0 Å². The van der Waals surface area contributed by atoms with Crippen LogP contribution in [-0.4, -0.2) is 35.0 Å². The summed E-state index contributed by atoms with van der Waals surface area (Å²) >= 11 is 0. The van der Waals surface area contributed by atoms with Crippen LogP contribution in [0.3, 0.4) is 0 Å². The number of furan rings is 1. The molecule has 4 aromatic rings. The van der Waals surface area contributed by atoms with E-state index in [9.17, 15) is 9.90 Å². The number of carboxylic acids is 1. The van der Waals surface area contributed by atoms with Crippen molar-refractivity contribution in [3.63, 3.8) is 0 Å². The lowest BCUT2D eigenvalue weighted by molar-refractivity contribution is -0.136. The number of ether oxygens (including phenoxy) is 2. The molecule has 2 atom stereocenters. The lowest BCUT2D eigenvalue weighted by Crippen LogP contribution is -2.21. The molecule has 2 aromatic heterocycles. The van der Waals surface area contributed by atoms with E-state index in [0.717, 1.165) is 22.3 Å². The number of aliphatic hydroxyl groups excluding tert-OH is 1. The summed E-state index contributed by atoms with van der Waals surface area (Å²) in [7, 11) is 3.18. The maximum atomic E-state index is 11.5. The Bertz CT molecular complexity index is 1230. The Morgan fingerprint density at radius 3 is 2.44 bits per heavy atom. The number of hydrogen-bond acceptors (Lipinski definition) is 5. The number of carbonyl (C=O) groups is 1. The molecular formula is C27H29NO6. The largest absolute Gasteiger partial charge is 0.496 e. The summed E-state index contributed by atoms with van der Waals surface area (Å²) < 4.78 is 19.0. The quantitative estimate of drug-likeness (QED) is 0.352. The van der Waals surface area contributed by atoms with Gasteiger partial charge in [-0.1, -0.05) is 18.2 Å². The van der Waals surface area contributed by atoms with Gasteiger partial charge in [0, 0.05) is 42.2 Å². The van der Waals surface area contributed by atoms with Crippen LogP contribution < -0.4 is 9.47 Å². The van der Waals surface area contributed by atoms with Gasteiger partial charge < -0.3 is 28.7 Å². The third-order valence-electron chi connectivity index (χ3n) is 6.11. The second-order valence-electron chi connectivity index (χ2n) is 8.50. The number of nitrogens with zero attached hydrogens (tertiary/aromatic N) is 1. The third kappa shape index (κ3) is 5.10. The maximum Gasteiger partial charge on any atom is 0.307 e. The molecule has 0 spiro atoms. The van der Waals surface area contributed by atoms with Crippen LogP contribution in [0.4, 0.5) is 0 Å². The first-order valence-electron chi connectivity index (χ1n) is 11.1. The van der Waals surface area contributed by atoms with Gasteiger partial charge in [0.15, 0.2) is 0 Å². The fourth-order valence-electron chi connectivity index (χ4n) is 4.38. The number of fused-ring (bicyclic) bond motifs is 1. The molecule has 0 radical (unpaired) electrons. The molecule has 34 heavy (non-hydrogen) atoms. The fourth-order valence-corrected chi connectivity index (χ4v) is 4.38. The number of methoxy groups -OCH3 is 2. The third-order valence-corrected chi connectivity index (χ3v) is 6.11. The Morgan fingerprint density at radius 2 is 1.79 bits per heavy atom. The van der Waals surface area contributed by atoms with Crippen molar-refractivity contribution in [2.45, 2.75) is 32.4 Å². The minimum Gasteiger partial charge on any atom is -0.496 e. The summed E-state index contributed by atoms with van der Waals surface area (Å²) in [4.78, 5) is 11.1. The monoisotopic (exact) mass is 463 g/mol. The zero-order chi connectivity index (χ0) is 24.2. The van der Waals surface area contributed by atoms with Crippen molar-refractivity contribution in [2.24, 2.45) is 5.92 Å². The molecule has 0 aliphatic rings. The smallest absolute Gasteiger partial charge is 0.307 e. The Labute approximate surface area is 198 Å². The van der Waals surface area contributed by atoms with E-state index in [-0.39, 0.29) is 12.3 Å². The molecule has 2 heterocycles. The predicted molar refractivity (Wildman–Crippen MR) is 128 cm³/mol. The fraction of sp³-hybridized carbons (Fsp3) is 0.296. The Kier molecular flexibility index (Phi) is 6.93. The van der Waals surface area contributed by atoms with E-state index in [1.54, 1.807) is 20.3 Å². The summed E-state index contributed by atoms with van der Waals surface area (Å²) in [6.45, 7) is 2.37. The molecule has 0 aliphatic carbocycles. The zero-order valence-corrected chi connectivity index (χ0v) is 19.5. The van der Waals surface area contributed by atoms with Crippen LogP contribution in [0.25, 0.3) is 11.0 Å². The SMILES string of the molecule is COc1cc([C@@H](O)[C@@H](Cc2cc3ccccc3o2)Cn2ccc(CC(=O)O)c2)cc(OC)c1C. The highest BCUT2D eigenvalue weighted by Crippen LogP contribution is 2.36. The van der Waals surface area contributed by atoms with Crippen molar-refractivity contribution in [3.05, 3.63) is 83.4 Å². The molecule has 0 bridgehead atoms. The van der Waals surface area contributed by atoms with Crippen molar-refractivity contribution >= 4 is 16.9 Å². The number of benzene rings is 2. The molecule has 0 unspecified atom stereocenters. The number of aliphatic hydroxyl groups is 1. The first-order chi connectivity index (χ1) is 16.4. The van der Waals surface area contributed by atoms with Gasteiger partial charge in [0.2, 0.25) is 0 Å². The number of para-hydroxylation sites is 1. The van der Waals surface area contributed by atoms with Crippen LogP contribution >= 0.6 is 0 Å². The standard InChI is InChI=1S/C27H29NO6/c1-17-24(32-2)13-20(14-25(17)33-3)27(31)21(16-28-9-8-18(15-28)10-26(29)30)12-22-11-19-6-4-5-7-23(19)34-22/h4-9,11,13-15,21,27,31H,10,12,16H2,1-3H3,(H,29,30)/t21-,27+/m0/s1. The molecule has 0 saturated carbocycles. The Balaban J connectivity index is 1.67. The molecule has 0 aliphatic heterocycles. The van der Waals surface area contributed by atoms with Gasteiger partial charge in [-0.2, -0.15) is 0 Å². The Hall–Kier alpha value is -3.71. The van der Waals surface area contributed by atoms with Crippen LogP contribution in [0.5, 0.6) is 11.5 Å². The van der Waals surface area contributed by atoms with Gasteiger partial charge in [0.1, 0.15) is 22.8 Å². The highest BCUT2D eigenvalue weighted by molar-refractivity contribution is 5.77. The highest BCUT2D eigenvalue weighted by atomic mass is 16.5. The average Bonchev–Trinajstić information content (AvgIpc) is 3.43. The van der Waals surface area contributed by atoms with Gasteiger partial charge >= 0.3 is 5.97 Å². The number of rotatable bonds is 10. The molecule has 2 aromatic carbocycles. The van der Waals surface area contributed by atoms with Gasteiger partial charge in [-0.05, 0) is 48.4 Å². The molecule has 0 fully saturated rings. The summed E-state index contributed by atoms with van der Waals surface area (Å²) in [5, 5.41) is 21.6. The van der Waals surface area contributed by atoms with Gasteiger partial charge in [0.25, 0.3) is 0 Å². The number of aliphatic carboxylic acids is 1. The predicted octanol–water partition coefficient (Wildman–Crippen LogP) is 4.78. The van der Waals surface area contributed by atoms with E-state index in [2.05, 4.69) is 0 Å². The van der Waals surface area contributed by atoms with Crippen molar-refractivity contribution < 1.29 is 28.9 Å². The van der Waals surface area contributed by atoms with E-state index in [0.29, 0.717) is 35.6 Å². The van der Waals surface area contributed by atoms with Crippen molar-refractivity contribution in [1.29, 1.82) is 0 Å². The summed E-state index contributed by atoms with van der Waals surface area (Å²) in [5.41, 5.74) is 3.05. The second-order valence-corrected chi connectivity index (χ2v) is 8.50. The topological polar surface area (TPSA) is 94.1 Å². The average molecular weight is 464 g/mol. The van der Waals surface area contributed by atoms with Crippen LogP contribution in [0, 0.1) is 12.8 Å². The van der Waals surface area contributed by atoms with Crippen molar-refractivity contribution in [3.8, 4) is 11.5 Å². The maximum absolute atomic E-state index is 11.5. The molecule has 0 saturated heterocycles. The summed E-state index contributed by atoms with van der Waals surface area (Å²) in [5.74, 6) is 0.911. The van der Waals surface area contributed by atoms with Crippen LogP contribution in [0.1, 0.15) is 28.6 Å². The molecule has 0 amide bonds. The van der Waals surface area contributed by atoms with Crippen LogP contribution in [0.15, 0.2) is 65.3 Å². The molecular weight excluding hydrogens is 434 g/mol. The number of carboxylic acid groups (broad SMARTS) is 1. The Morgan fingerprint density at radius 1 is 1.09 bits per heavy atom. The van der Waals surface area contributed by atoms with E-state index in [4.69, 9.17) is 19.0 Å². The van der Waals surface area contributed by atoms with E-state index < -0.39 is 12.1 Å². The lowest BCUT2D eigenvalue weighted by Gasteiger charge is -2.24. The molecule has 2 N–H and O–H groups in total. The van der Waals surface area contributed by atoms with Gasteiger partial charge in [-0.3, -0.25) is 4.79 Å². The van der Waals surface area contributed by atoms with Gasteiger partial charge in [-0.15, -0.1) is 0 Å². The molecule has 7 nitrogen and oxygen atoms in total. The van der Waals surface area contributed by atoms with E-state index in [1.165, 1.54) is 0 Å². The zero-order valence-electron chi connectivity index (χ0n) is 19.5. The first kappa shape index (κ1) is 23.4. The molecule has 4 rings (SSSR count). The van der Waals surface area contributed by atoms with Crippen molar-refractivity contribution in [2.75, 3.05) is 14.2 Å². The molecule has 7 heteroatoms. The van der Waals surface area contributed by atoms with E-state index >= 15 is 0 Å². The van der Waals surface area contributed by atoms with Gasteiger partial charge in [0.05, 0.1) is 26.7 Å². The number of hydrogen-bond donors (Lipinski definition) is 2. The highest BCUT2D eigenvalue weighted by Gasteiger charge is 2.26. The summed E-state index contributed by atoms with van der Waals surface area (Å²) in [6.07, 6.45) is 3.24. The second kappa shape index (κ2) is 10.1. The summed E-state index contributed by atoms with van der Waals surface area (Å²) in [6, 6.07) is 15.3. The normalized spacial score (nSPS) is 13.1. The van der Waals surface area contributed by atoms with E-state index in [1.807, 2.05) is 66.3 Å². The lowest BCUT2D eigenvalue weighted by atomic mass is 9.90.